The van der Waals surface area contributed by atoms with E-state index in [-0.39, 0.29) is 5.41 Å². The lowest BCUT2D eigenvalue weighted by Crippen LogP contribution is -2.39. The van der Waals surface area contributed by atoms with E-state index in [4.69, 9.17) is 26.1 Å². The third-order valence-electron chi connectivity index (χ3n) is 7.75. The number of nitrogens with zero attached hydrogens (tertiary/aromatic N) is 2. The Kier molecular flexibility index (Phi) is 9.05. The molecular formula is C34H43ClN2O4. The van der Waals surface area contributed by atoms with Crippen LogP contribution in [0.25, 0.3) is 11.1 Å². The van der Waals surface area contributed by atoms with Gasteiger partial charge in [-0.05, 0) is 94.7 Å². The minimum atomic E-state index is -1.14. The van der Waals surface area contributed by atoms with Gasteiger partial charge in [0.2, 0.25) is 0 Å². The standard InChI is InChI=1S/C34H43ClN2O4/c1-21-19-26(13-14-27(21)35)40-20-24-9-11-25(12-10-24)28-22(2)36-23(3)29(31(32(38)39)41-33(4,5)6)30(28)37-17-15-34(7,8)16-18-37/h9-14,19,31H,15-18,20H2,1-8H3,(H,38,39). The lowest BCUT2D eigenvalue weighted by atomic mass is 9.81. The van der Waals surface area contributed by atoms with Crippen molar-refractivity contribution in [2.75, 3.05) is 18.0 Å². The second-order valence-electron chi connectivity index (χ2n) is 12.9. The third kappa shape index (κ3) is 7.41. The summed E-state index contributed by atoms with van der Waals surface area (Å²) in [6.07, 6.45) is 0.900. The van der Waals surface area contributed by atoms with E-state index < -0.39 is 17.7 Å². The Labute approximate surface area is 249 Å². The van der Waals surface area contributed by atoms with Gasteiger partial charge in [-0.3, -0.25) is 4.98 Å². The van der Waals surface area contributed by atoms with E-state index in [1.807, 2.05) is 59.7 Å². The van der Waals surface area contributed by atoms with E-state index >= 15 is 0 Å². The number of aromatic nitrogens is 1. The number of carboxylic acid groups (broad SMARTS) is 1. The molecule has 1 aromatic heterocycles. The predicted molar refractivity (Wildman–Crippen MR) is 166 cm³/mol. The van der Waals surface area contributed by atoms with Gasteiger partial charge in [0.05, 0.1) is 11.3 Å². The van der Waals surface area contributed by atoms with Crippen LogP contribution < -0.4 is 9.64 Å². The quantitative estimate of drug-likeness (QED) is 0.289. The molecule has 1 fully saturated rings. The summed E-state index contributed by atoms with van der Waals surface area (Å²) in [5.74, 6) is -0.240. The fourth-order valence-electron chi connectivity index (χ4n) is 5.40. The van der Waals surface area contributed by atoms with E-state index in [2.05, 4.69) is 43.0 Å². The number of benzene rings is 2. The topological polar surface area (TPSA) is 71.9 Å². The number of hydrogen-bond acceptors (Lipinski definition) is 5. The van der Waals surface area contributed by atoms with Crippen LogP contribution in [-0.4, -0.2) is 34.8 Å². The van der Waals surface area contributed by atoms with Crippen molar-refractivity contribution >= 4 is 23.3 Å². The smallest absolute Gasteiger partial charge is 0.337 e. The summed E-state index contributed by atoms with van der Waals surface area (Å²) in [6.45, 7) is 18.2. The van der Waals surface area contributed by atoms with Gasteiger partial charge in [-0.25, -0.2) is 4.79 Å². The van der Waals surface area contributed by atoms with Crippen molar-refractivity contribution in [2.24, 2.45) is 5.41 Å². The maximum atomic E-state index is 12.7. The first kappa shape index (κ1) is 30.9. The molecule has 2 heterocycles. The maximum absolute atomic E-state index is 12.7. The first-order valence-electron chi connectivity index (χ1n) is 14.3. The van der Waals surface area contributed by atoms with Crippen LogP contribution in [0, 0.1) is 26.2 Å². The number of pyridine rings is 1. The molecule has 0 amide bonds. The molecule has 41 heavy (non-hydrogen) atoms. The molecule has 1 aliphatic heterocycles. The first-order chi connectivity index (χ1) is 19.1. The molecule has 0 aliphatic carbocycles. The van der Waals surface area contributed by atoms with Crippen molar-refractivity contribution in [3.8, 4) is 16.9 Å². The zero-order valence-electron chi connectivity index (χ0n) is 25.6. The highest BCUT2D eigenvalue weighted by Gasteiger charge is 2.36. The van der Waals surface area contributed by atoms with Crippen LogP contribution in [0.5, 0.6) is 5.75 Å². The summed E-state index contributed by atoms with van der Waals surface area (Å²) >= 11 is 6.15. The second kappa shape index (κ2) is 12.0. The van der Waals surface area contributed by atoms with Gasteiger partial charge in [0.15, 0.2) is 6.10 Å². The molecule has 1 atom stereocenters. The first-order valence-corrected chi connectivity index (χ1v) is 14.7. The van der Waals surface area contributed by atoms with Crippen molar-refractivity contribution in [1.29, 1.82) is 0 Å². The van der Waals surface area contributed by atoms with Crippen molar-refractivity contribution in [3.63, 3.8) is 0 Å². The van der Waals surface area contributed by atoms with Gasteiger partial charge in [0.1, 0.15) is 12.4 Å². The molecule has 4 rings (SSSR count). The molecule has 0 bridgehead atoms. The van der Waals surface area contributed by atoms with Crippen molar-refractivity contribution in [3.05, 3.63) is 75.6 Å². The Balaban J connectivity index is 1.77. The fourth-order valence-corrected chi connectivity index (χ4v) is 5.51. The molecule has 0 radical (unpaired) electrons. The van der Waals surface area contributed by atoms with E-state index in [1.54, 1.807) is 0 Å². The van der Waals surface area contributed by atoms with Gasteiger partial charge in [-0.2, -0.15) is 0 Å². The number of carboxylic acids is 1. The summed E-state index contributed by atoms with van der Waals surface area (Å²) in [7, 11) is 0. The van der Waals surface area contributed by atoms with E-state index in [0.29, 0.717) is 22.9 Å². The molecule has 220 valence electrons. The number of halogens is 1. The highest BCUT2D eigenvalue weighted by Crippen LogP contribution is 2.44. The van der Waals surface area contributed by atoms with Gasteiger partial charge < -0.3 is 19.5 Å². The van der Waals surface area contributed by atoms with Gasteiger partial charge >= 0.3 is 5.97 Å². The normalized spacial score (nSPS) is 16.0. The van der Waals surface area contributed by atoms with Crippen LogP contribution in [0.1, 0.15) is 81.6 Å². The van der Waals surface area contributed by atoms with Crippen molar-refractivity contribution in [1.82, 2.24) is 4.98 Å². The average Bonchev–Trinajstić information content (AvgIpc) is 2.88. The predicted octanol–water partition coefficient (Wildman–Crippen LogP) is 8.47. The summed E-state index contributed by atoms with van der Waals surface area (Å²) in [5, 5.41) is 11.1. The van der Waals surface area contributed by atoms with Crippen molar-refractivity contribution in [2.45, 2.75) is 86.5 Å². The number of carbonyl (C=O) groups is 1. The lowest BCUT2D eigenvalue weighted by Gasteiger charge is -2.41. The lowest BCUT2D eigenvalue weighted by molar-refractivity contribution is -0.160. The average molecular weight is 579 g/mol. The zero-order chi connectivity index (χ0) is 30.1. The molecule has 3 aromatic rings. The number of rotatable bonds is 8. The van der Waals surface area contributed by atoms with Gasteiger partial charge in [-0.1, -0.05) is 49.7 Å². The van der Waals surface area contributed by atoms with Crippen molar-refractivity contribution < 1.29 is 19.4 Å². The molecule has 0 saturated carbocycles. The summed E-state index contributed by atoms with van der Waals surface area (Å²) in [5.41, 5.74) is 6.65. The maximum Gasteiger partial charge on any atom is 0.337 e. The monoisotopic (exact) mass is 578 g/mol. The highest BCUT2D eigenvalue weighted by atomic mass is 35.5. The minimum absolute atomic E-state index is 0.242. The van der Waals surface area contributed by atoms with Crippen LogP contribution in [0.4, 0.5) is 5.69 Å². The summed E-state index contributed by atoms with van der Waals surface area (Å²) < 4.78 is 12.2. The van der Waals surface area contributed by atoms with Gasteiger partial charge in [-0.15, -0.1) is 0 Å². The van der Waals surface area contributed by atoms with Crippen LogP contribution >= 0.6 is 11.6 Å². The van der Waals surface area contributed by atoms with Crippen LogP contribution in [0.3, 0.4) is 0 Å². The zero-order valence-corrected chi connectivity index (χ0v) is 26.4. The number of piperidine rings is 1. The number of ether oxygens (including phenoxy) is 2. The number of hydrogen-bond donors (Lipinski definition) is 1. The van der Waals surface area contributed by atoms with Crippen LogP contribution in [-0.2, 0) is 16.1 Å². The fraction of sp³-hybridized carbons (Fsp3) is 0.471. The Morgan fingerprint density at radius 3 is 2.24 bits per heavy atom. The van der Waals surface area contributed by atoms with E-state index in [9.17, 15) is 9.90 Å². The number of anilines is 1. The minimum Gasteiger partial charge on any atom is -0.489 e. The van der Waals surface area contributed by atoms with E-state index in [1.165, 1.54) is 0 Å². The molecule has 1 unspecified atom stereocenters. The number of aryl methyl sites for hydroxylation is 3. The molecule has 7 heteroatoms. The molecule has 0 spiro atoms. The number of aliphatic carboxylic acids is 1. The Morgan fingerprint density at radius 1 is 1.05 bits per heavy atom. The second-order valence-corrected chi connectivity index (χ2v) is 13.3. The third-order valence-corrected chi connectivity index (χ3v) is 8.17. The molecular weight excluding hydrogens is 536 g/mol. The molecule has 1 saturated heterocycles. The molecule has 1 N–H and O–H groups in total. The SMILES string of the molecule is Cc1cc(OCc2ccc(-c3c(C)nc(C)c(C(OC(C)(C)C)C(=O)O)c3N3CCC(C)(C)CC3)cc2)ccc1Cl. The Bertz CT molecular complexity index is 1400. The Morgan fingerprint density at radius 2 is 1.68 bits per heavy atom. The summed E-state index contributed by atoms with van der Waals surface area (Å²) in [6, 6.07) is 13.9. The highest BCUT2D eigenvalue weighted by molar-refractivity contribution is 6.31. The molecule has 6 nitrogen and oxygen atoms in total. The van der Waals surface area contributed by atoms with Crippen LogP contribution in [0.2, 0.25) is 5.02 Å². The van der Waals surface area contributed by atoms with E-state index in [0.717, 1.165) is 65.3 Å². The molecule has 1 aliphatic rings. The largest absolute Gasteiger partial charge is 0.489 e. The van der Waals surface area contributed by atoms with Crippen LogP contribution in [0.15, 0.2) is 42.5 Å². The summed E-state index contributed by atoms with van der Waals surface area (Å²) in [4.78, 5) is 19.9. The van der Waals surface area contributed by atoms with Gasteiger partial charge in [0.25, 0.3) is 0 Å². The molecule has 2 aromatic carbocycles. The van der Waals surface area contributed by atoms with Gasteiger partial charge in [0, 0.05) is 40.6 Å². The Hall–Kier alpha value is -3.09.